The van der Waals surface area contributed by atoms with E-state index in [1.54, 1.807) is 25.3 Å². The molecule has 1 aromatic heterocycles. The lowest BCUT2D eigenvalue weighted by Crippen LogP contribution is -2.03. The van der Waals surface area contributed by atoms with Crippen LogP contribution in [0.5, 0.6) is 5.75 Å². The normalized spacial score (nSPS) is 10.4. The Morgan fingerprint density at radius 3 is 2.64 bits per heavy atom. The molecule has 2 aromatic carbocycles. The predicted octanol–water partition coefficient (Wildman–Crippen LogP) is 4.98. The van der Waals surface area contributed by atoms with Crippen LogP contribution in [-0.4, -0.2) is 22.3 Å². The van der Waals surface area contributed by atoms with Crippen LogP contribution in [0.25, 0.3) is 0 Å². The van der Waals surface area contributed by atoms with Gasteiger partial charge in [0.1, 0.15) is 5.75 Å². The highest BCUT2D eigenvalue weighted by atomic mass is 35.5. The van der Waals surface area contributed by atoms with Crippen molar-refractivity contribution >= 4 is 46.3 Å². The third kappa shape index (κ3) is 4.29. The Kier molecular flexibility index (Phi) is 5.21. The van der Waals surface area contributed by atoms with Gasteiger partial charge < -0.3 is 15.4 Å². The molecule has 0 atom stereocenters. The number of halogens is 2. The Morgan fingerprint density at radius 1 is 1.00 bits per heavy atom. The number of hydrogen-bond donors (Lipinski definition) is 2. The first kappa shape index (κ1) is 17.3. The maximum atomic E-state index is 6.14. The molecule has 2 N–H and O–H groups in total. The van der Waals surface area contributed by atoms with E-state index in [1.165, 1.54) is 6.20 Å². The first-order valence-electron chi connectivity index (χ1n) is 7.38. The van der Waals surface area contributed by atoms with E-state index in [9.17, 15) is 0 Å². The highest BCUT2D eigenvalue weighted by molar-refractivity contribution is 6.35. The molecule has 3 aromatic rings. The molecule has 0 unspecified atom stereocenters. The summed E-state index contributed by atoms with van der Waals surface area (Å²) in [7, 11) is 1.61. The lowest BCUT2D eigenvalue weighted by atomic mass is 10.2. The Labute approximate surface area is 155 Å². The molecule has 0 saturated carbocycles. The van der Waals surface area contributed by atoms with Crippen LogP contribution in [-0.2, 0) is 0 Å². The second kappa shape index (κ2) is 7.55. The van der Waals surface area contributed by atoms with Crippen molar-refractivity contribution in [1.82, 2.24) is 15.2 Å². The average Bonchev–Trinajstić information content (AvgIpc) is 2.59. The van der Waals surface area contributed by atoms with E-state index in [2.05, 4.69) is 25.8 Å². The summed E-state index contributed by atoms with van der Waals surface area (Å²) in [5, 5.41) is 15.2. The molecule has 0 bridgehead atoms. The molecule has 0 saturated heterocycles. The summed E-state index contributed by atoms with van der Waals surface area (Å²) in [5.41, 5.74) is 2.48. The van der Waals surface area contributed by atoms with Crippen LogP contribution < -0.4 is 15.4 Å². The maximum absolute atomic E-state index is 6.14. The van der Waals surface area contributed by atoms with Crippen molar-refractivity contribution in [3.8, 4) is 5.75 Å². The molecule has 25 heavy (non-hydrogen) atoms. The van der Waals surface area contributed by atoms with Crippen LogP contribution in [0.15, 0.2) is 42.6 Å². The van der Waals surface area contributed by atoms with E-state index >= 15 is 0 Å². The van der Waals surface area contributed by atoms with Gasteiger partial charge in [-0.25, -0.2) is 0 Å². The maximum Gasteiger partial charge on any atom is 0.249 e. The molecule has 6 nitrogen and oxygen atoms in total. The lowest BCUT2D eigenvalue weighted by molar-refractivity contribution is 0.416. The molecular formula is C17H15Cl2N5O. The van der Waals surface area contributed by atoms with Crippen LogP contribution in [0.4, 0.5) is 23.1 Å². The van der Waals surface area contributed by atoms with Crippen molar-refractivity contribution < 1.29 is 4.74 Å². The second-order valence-electron chi connectivity index (χ2n) is 5.24. The zero-order chi connectivity index (χ0) is 17.8. The van der Waals surface area contributed by atoms with Crippen molar-refractivity contribution in [3.05, 3.63) is 58.2 Å². The van der Waals surface area contributed by atoms with Gasteiger partial charge >= 0.3 is 0 Å². The Hall–Kier alpha value is -2.57. The number of methoxy groups -OCH3 is 1. The van der Waals surface area contributed by atoms with Crippen molar-refractivity contribution in [2.45, 2.75) is 6.92 Å². The zero-order valence-corrected chi connectivity index (χ0v) is 15.1. The number of nitrogens with zero attached hydrogens (tertiary/aromatic N) is 3. The van der Waals surface area contributed by atoms with Gasteiger partial charge in [-0.15, -0.1) is 5.10 Å². The third-order valence-electron chi connectivity index (χ3n) is 3.35. The Balaban J connectivity index is 1.85. The molecule has 0 aliphatic rings. The largest absolute Gasteiger partial charge is 0.495 e. The molecule has 1 heterocycles. The van der Waals surface area contributed by atoms with E-state index in [4.69, 9.17) is 27.9 Å². The van der Waals surface area contributed by atoms with Crippen molar-refractivity contribution in [3.63, 3.8) is 0 Å². The van der Waals surface area contributed by atoms with E-state index in [0.29, 0.717) is 33.2 Å². The Morgan fingerprint density at radius 2 is 1.84 bits per heavy atom. The standard InChI is InChI=1S/C17H15Cl2N5O/c1-10-3-6-15(25-2)14(7-10)21-16-9-20-24-17(23-16)22-13-8-11(18)4-5-12(13)19/h3-9H,1-2H3,(H2,21,22,23,24). The highest BCUT2D eigenvalue weighted by Gasteiger charge is 2.08. The van der Waals surface area contributed by atoms with Gasteiger partial charge in [0.05, 0.1) is 29.7 Å². The first-order valence-corrected chi connectivity index (χ1v) is 8.14. The van der Waals surface area contributed by atoms with Crippen LogP contribution >= 0.6 is 23.2 Å². The van der Waals surface area contributed by atoms with Gasteiger partial charge in [0.15, 0.2) is 5.82 Å². The fourth-order valence-corrected chi connectivity index (χ4v) is 2.52. The SMILES string of the molecule is COc1ccc(C)cc1Nc1cnnc(Nc2cc(Cl)ccc2Cl)n1. The number of nitrogens with one attached hydrogen (secondary N) is 2. The molecule has 0 aliphatic heterocycles. The number of aromatic nitrogens is 3. The van der Waals surface area contributed by atoms with Gasteiger partial charge in [-0.2, -0.15) is 10.1 Å². The van der Waals surface area contributed by atoms with Crippen LogP contribution in [0, 0.1) is 6.92 Å². The van der Waals surface area contributed by atoms with Crippen LogP contribution in [0.1, 0.15) is 5.56 Å². The lowest BCUT2D eigenvalue weighted by Gasteiger charge is -2.12. The minimum Gasteiger partial charge on any atom is -0.495 e. The van der Waals surface area contributed by atoms with Crippen molar-refractivity contribution in [2.75, 3.05) is 17.7 Å². The number of hydrogen-bond acceptors (Lipinski definition) is 6. The molecular weight excluding hydrogens is 361 g/mol. The molecule has 0 amide bonds. The topological polar surface area (TPSA) is 72.0 Å². The van der Waals surface area contributed by atoms with Crippen LogP contribution in [0.2, 0.25) is 10.0 Å². The summed E-state index contributed by atoms with van der Waals surface area (Å²) in [5.74, 6) is 1.51. The smallest absolute Gasteiger partial charge is 0.249 e. The van der Waals surface area contributed by atoms with Gasteiger partial charge in [-0.1, -0.05) is 29.3 Å². The molecule has 0 aliphatic carbocycles. The number of aryl methyl sites for hydroxylation is 1. The number of rotatable bonds is 5. The van der Waals surface area contributed by atoms with E-state index < -0.39 is 0 Å². The molecule has 8 heteroatoms. The van der Waals surface area contributed by atoms with Crippen LogP contribution in [0.3, 0.4) is 0 Å². The van der Waals surface area contributed by atoms with Gasteiger partial charge in [-0.3, -0.25) is 0 Å². The predicted molar refractivity (Wildman–Crippen MR) is 101 cm³/mol. The number of ether oxygens (including phenoxy) is 1. The third-order valence-corrected chi connectivity index (χ3v) is 3.92. The first-order chi connectivity index (χ1) is 12.0. The average molecular weight is 376 g/mol. The van der Waals surface area contributed by atoms with Gasteiger partial charge in [0.25, 0.3) is 0 Å². The monoisotopic (exact) mass is 375 g/mol. The summed E-state index contributed by atoms with van der Waals surface area (Å²) in [6, 6.07) is 10.9. The van der Waals surface area contributed by atoms with Crippen molar-refractivity contribution in [1.29, 1.82) is 0 Å². The number of benzene rings is 2. The van der Waals surface area contributed by atoms with E-state index in [1.807, 2.05) is 25.1 Å². The zero-order valence-electron chi connectivity index (χ0n) is 13.5. The minimum absolute atomic E-state index is 0.292. The fraction of sp³-hybridized carbons (Fsp3) is 0.118. The summed E-state index contributed by atoms with van der Waals surface area (Å²) < 4.78 is 5.35. The Bertz CT molecular complexity index is 904. The van der Waals surface area contributed by atoms with E-state index in [-0.39, 0.29) is 0 Å². The summed E-state index contributed by atoms with van der Waals surface area (Å²) in [6.45, 7) is 2.00. The molecule has 0 radical (unpaired) electrons. The van der Waals surface area contributed by atoms with Gasteiger partial charge in [-0.05, 0) is 42.8 Å². The molecule has 0 fully saturated rings. The fourth-order valence-electron chi connectivity index (χ4n) is 2.19. The highest BCUT2D eigenvalue weighted by Crippen LogP contribution is 2.29. The minimum atomic E-state index is 0.292. The summed E-state index contributed by atoms with van der Waals surface area (Å²) >= 11 is 12.1. The van der Waals surface area contributed by atoms with Crippen molar-refractivity contribution in [2.24, 2.45) is 0 Å². The quantitative estimate of drug-likeness (QED) is 0.654. The van der Waals surface area contributed by atoms with Gasteiger partial charge in [0, 0.05) is 5.02 Å². The summed E-state index contributed by atoms with van der Waals surface area (Å²) in [4.78, 5) is 4.39. The van der Waals surface area contributed by atoms with Gasteiger partial charge in [0.2, 0.25) is 5.95 Å². The number of anilines is 4. The second-order valence-corrected chi connectivity index (χ2v) is 6.09. The van der Waals surface area contributed by atoms with E-state index in [0.717, 1.165) is 11.3 Å². The summed E-state index contributed by atoms with van der Waals surface area (Å²) in [6.07, 6.45) is 1.52. The molecule has 0 spiro atoms. The molecule has 128 valence electrons. The molecule has 3 rings (SSSR count).